The van der Waals surface area contributed by atoms with Crippen molar-refractivity contribution in [3.8, 4) is 0 Å². The third kappa shape index (κ3) is 3.04. The molecule has 0 aliphatic carbocycles. The van der Waals surface area contributed by atoms with Gasteiger partial charge in [0.25, 0.3) is 0 Å². The van der Waals surface area contributed by atoms with Crippen LogP contribution >= 0.6 is 0 Å². The zero-order valence-corrected chi connectivity index (χ0v) is 12.2. The molecule has 106 valence electrons. The number of hydrogen-bond donors (Lipinski definition) is 1. The number of rotatable bonds is 3. The predicted octanol–water partition coefficient (Wildman–Crippen LogP) is 2.26. The van der Waals surface area contributed by atoms with Gasteiger partial charge in [-0.25, -0.2) is 9.97 Å². The summed E-state index contributed by atoms with van der Waals surface area (Å²) in [6.07, 6.45) is 0.644. The average molecular weight is 265 g/mol. The van der Waals surface area contributed by atoms with Gasteiger partial charge in [-0.1, -0.05) is 20.8 Å². The maximum absolute atomic E-state index is 6.03. The molecule has 2 rings (SSSR count). The van der Waals surface area contributed by atoms with Crippen LogP contribution in [0.4, 0.5) is 5.82 Å². The molecule has 1 aliphatic rings. The molecule has 0 amide bonds. The summed E-state index contributed by atoms with van der Waals surface area (Å²) >= 11 is 0. The first-order valence-electron chi connectivity index (χ1n) is 6.78. The van der Waals surface area contributed by atoms with Crippen molar-refractivity contribution in [2.45, 2.75) is 46.8 Å². The average Bonchev–Trinajstić information content (AvgIpc) is 2.34. The number of nitrogens with zero attached hydrogens (tertiary/aromatic N) is 2. The topological polar surface area (TPSA) is 70.3 Å². The van der Waals surface area contributed by atoms with E-state index in [0.717, 1.165) is 17.7 Å². The predicted molar refractivity (Wildman–Crippen MR) is 73.6 cm³/mol. The summed E-state index contributed by atoms with van der Waals surface area (Å²) in [4.78, 5) is 9.10. The standard InChI is InChI=1S/C14H23N3O2/c1-5-19-11(14(2,3)4)13-16-10-6-7-18-8-9(10)12(15)17-13/h11H,5-8H2,1-4H3,(H2,15,16,17). The second kappa shape index (κ2) is 5.43. The van der Waals surface area contributed by atoms with E-state index in [0.29, 0.717) is 31.5 Å². The van der Waals surface area contributed by atoms with Crippen molar-refractivity contribution in [1.29, 1.82) is 0 Å². The summed E-state index contributed by atoms with van der Waals surface area (Å²) in [7, 11) is 0. The van der Waals surface area contributed by atoms with E-state index in [1.54, 1.807) is 0 Å². The monoisotopic (exact) mass is 265 g/mol. The summed E-state index contributed by atoms with van der Waals surface area (Å²) < 4.78 is 11.2. The zero-order chi connectivity index (χ0) is 14.0. The molecule has 19 heavy (non-hydrogen) atoms. The first kappa shape index (κ1) is 14.2. The second-order valence-electron chi connectivity index (χ2n) is 5.90. The fourth-order valence-electron chi connectivity index (χ4n) is 2.27. The van der Waals surface area contributed by atoms with E-state index >= 15 is 0 Å². The van der Waals surface area contributed by atoms with Gasteiger partial charge in [-0.05, 0) is 12.3 Å². The Kier molecular flexibility index (Phi) is 4.06. The molecular formula is C14H23N3O2. The lowest BCUT2D eigenvalue weighted by Gasteiger charge is -2.30. The lowest BCUT2D eigenvalue weighted by atomic mass is 9.88. The quantitative estimate of drug-likeness (QED) is 0.907. The summed E-state index contributed by atoms with van der Waals surface area (Å²) in [5.41, 5.74) is 7.90. The van der Waals surface area contributed by atoms with Crippen molar-refractivity contribution >= 4 is 5.82 Å². The van der Waals surface area contributed by atoms with Gasteiger partial charge in [0.05, 0.1) is 18.9 Å². The Morgan fingerprint density at radius 1 is 1.37 bits per heavy atom. The van der Waals surface area contributed by atoms with E-state index in [2.05, 4.69) is 30.7 Å². The van der Waals surface area contributed by atoms with Crippen LogP contribution in [0.15, 0.2) is 0 Å². The Morgan fingerprint density at radius 3 is 2.74 bits per heavy atom. The molecule has 1 unspecified atom stereocenters. The molecule has 2 N–H and O–H groups in total. The van der Waals surface area contributed by atoms with Crippen molar-refractivity contribution in [2.24, 2.45) is 5.41 Å². The largest absolute Gasteiger partial charge is 0.383 e. The number of aromatic nitrogens is 2. The third-order valence-electron chi connectivity index (χ3n) is 3.23. The van der Waals surface area contributed by atoms with Gasteiger partial charge in [0.2, 0.25) is 0 Å². The van der Waals surface area contributed by atoms with Crippen LogP contribution in [0.5, 0.6) is 0 Å². The maximum Gasteiger partial charge on any atom is 0.160 e. The van der Waals surface area contributed by atoms with Gasteiger partial charge in [-0.3, -0.25) is 0 Å². The second-order valence-corrected chi connectivity index (χ2v) is 5.90. The van der Waals surface area contributed by atoms with Gasteiger partial charge in [-0.2, -0.15) is 0 Å². The Morgan fingerprint density at radius 2 is 2.11 bits per heavy atom. The highest BCUT2D eigenvalue weighted by molar-refractivity contribution is 5.43. The Balaban J connectivity index is 2.40. The van der Waals surface area contributed by atoms with Crippen LogP contribution < -0.4 is 5.73 Å². The van der Waals surface area contributed by atoms with Crippen LogP contribution in [0.3, 0.4) is 0 Å². The van der Waals surface area contributed by atoms with Crippen LogP contribution in [0.2, 0.25) is 0 Å². The highest BCUT2D eigenvalue weighted by Gasteiger charge is 2.31. The van der Waals surface area contributed by atoms with E-state index in [1.807, 2.05) is 6.92 Å². The lowest BCUT2D eigenvalue weighted by Crippen LogP contribution is -2.26. The number of nitrogens with two attached hydrogens (primary N) is 1. The van der Waals surface area contributed by atoms with Crippen molar-refractivity contribution in [2.75, 3.05) is 18.9 Å². The fourth-order valence-corrected chi connectivity index (χ4v) is 2.27. The van der Waals surface area contributed by atoms with E-state index in [1.165, 1.54) is 0 Å². The number of fused-ring (bicyclic) bond motifs is 1. The van der Waals surface area contributed by atoms with Crippen molar-refractivity contribution in [1.82, 2.24) is 9.97 Å². The molecular weight excluding hydrogens is 242 g/mol. The summed E-state index contributed by atoms with van der Waals surface area (Å²) in [6, 6.07) is 0. The van der Waals surface area contributed by atoms with Gasteiger partial charge in [-0.15, -0.1) is 0 Å². The highest BCUT2D eigenvalue weighted by atomic mass is 16.5. The maximum atomic E-state index is 6.03. The molecule has 0 saturated carbocycles. The highest BCUT2D eigenvalue weighted by Crippen LogP contribution is 2.35. The molecule has 2 heterocycles. The zero-order valence-electron chi connectivity index (χ0n) is 12.2. The van der Waals surface area contributed by atoms with Crippen molar-refractivity contribution in [3.05, 3.63) is 17.1 Å². The summed E-state index contributed by atoms with van der Waals surface area (Å²) in [5, 5.41) is 0. The van der Waals surface area contributed by atoms with E-state index in [-0.39, 0.29) is 11.5 Å². The van der Waals surface area contributed by atoms with Crippen LogP contribution in [-0.2, 0) is 22.5 Å². The van der Waals surface area contributed by atoms with Gasteiger partial charge in [0, 0.05) is 18.6 Å². The van der Waals surface area contributed by atoms with Crippen molar-refractivity contribution < 1.29 is 9.47 Å². The fraction of sp³-hybridized carbons (Fsp3) is 0.714. The molecule has 5 heteroatoms. The number of anilines is 1. The molecule has 0 bridgehead atoms. The number of nitrogen functional groups attached to an aromatic ring is 1. The Labute approximate surface area is 114 Å². The minimum atomic E-state index is -0.145. The minimum absolute atomic E-state index is 0.0676. The summed E-state index contributed by atoms with van der Waals surface area (Å²) in [5.74, 6) is 1.21. The van der Waals surface area contributed by atoms with E-state index < -0.39 is 0 Å². The molecule has 0 aromatic carbocycles. The van der Waals surface area contributed by atoms with Crippen LogP contribution in [-0.4, -0.2) is 23.2 Å². The van der Waals surface area contributed by atoms with Gasteiger partial charge in [0.15, 0.2) is 5.82 Å². The van der Waals surface area contributed by atoms with E-state index in [4.69, 9.17) is 15.2 Å². The lowest BCUT2D eigenvalue weighted by molar-refractivity contribution is -0.0194. The number of hydrogen-bond acceptors (Lipinski definition) is 5. The molecule has 0 radical (unpaired) electrons. The number of ether oxygens (including phenoxy) is 2. The SMILES string of the molecule is CCOC(c1nc(N)c2c(n1)CCOC2)C(C)(C)C. The molecule has 0 fully saturated rings. The summed E-state index contributed by atoms with van der Waals surface area (Å²) in [6.45, 7) is 10.2. The molecule has 5 nitrogen and oxygen atoms in total. The smallest absolute Gasteiger partial charge is 0.160 e. The molecule has 1 aromatic heterocycles. The molecule has 1 aromatic rings. The minimum Gasteiger partial charge on any atom is -0.383 e. The first-order chi connectivity index (χ1) is 8.93. The molecule has 1 atom stereocenters. The third-order valence-corrected chi connectivity index (χ3v) is 3.23. The first-order valence-corrected chi connectivity index (χ1v) is 6.78. The molecule has 0 saturated heterocycles. The van der Waals surface area contributed by atoms with Crippen molar-refractivity contribution in [3.63, 3.8) is 0 Å². The molecule has 0 spiro atoms. The van der Waals surface area contributed by atoms with Gasteiger partial charge < -0.3 is 15.2 Å². The Hall–Kier alpha value is -1.20. The Bertz CT molecular complexity index is 455. The normalized spacial score (nSPS) is 17.1. The molecule has 1 aliphatic heterocycles. The van der Waals surface area contributed by atoms with Crippen LogP contribution in [0, 0.1) is 5.41 Å². The van der Waals surface area contributed by atoms with Crippen LogP contribution in [0.25, 0.3) is 0 Å². The van der Waals surface area contributed by atoms with E-state index in [9.17, 15) is 0 Å². The van der Waals surface area contributed by atoms with Gasteiger partial charge in [0.1, 0.15) is 11.9 Å². The van der Waals surface area contributed by atoms with Gasteiger partial charge >= 0.3 is 0 Å². The van der Waals surface area contributed by atoms with Crippen LogP contribution in [0.1, 0.15) is 50.9 Å².